The van der Waals surface area contributed by atoms with Gasteiger partial charge in [-0.3, -0.25) is 4.79 Å². The van der Waals surface area contributed by atoms with E-state index in [0.717, 1.165) is 9.75 Å². The minimum Gasteiger partial charge on any atom is -0.472 e. The van der Waals surface area contributed by atoms with Gasteiger partial charge in [0.1, 0.15) is 6.26 Å². The maximum atomic E-state index is 12.7. The van der Waals surface area contributed by atoms with Crippen LogP contribution < -0.4 is 0 Å². The Bertz CT molecular complexity index is 801. The molecule has 0 radical (unpaired) electrons. The second-order valence-electron chi connectivity index (χ2n) is 5.49. The van der Waals surface area contributed by atoms with Crippen LogP contribution in [0.4, 0.5) is 0 Å². The lowest BCUT2D eigenvalue weighted by molar-refractivity contribution is 0.0697. The van der Waals surface area contributed by atoms with Crippen molar-refractivity contribution < 1.29 is 17.6 Å². The second kappa shape index (κ2) is 6.10. The summed E-state index contributed by atoms with van der Waals surface area (Å²) in [6, 6.07) is 3.33. The summed E-state index contributed by atoms with van der Waals surface area (Å²) in [6.07, 6.45) is 2.86. The molecule has 124 valence electrons. The molecule has 0 aromatic carbocycles. The third-order valence-corrected chi connectivity index (χ3v) is 7.03. The van der Waals surface area contributed by atoms with Crippen LogP contribution in [-0.2, 0) is 10.0 Å². The summed E-state index contributed by atoms with van der Waals surface area (Å²) in [5.74, 6) is -0.127. The van der Waals surface area contributed by atoms with Crippen molar-refractivity contribution in [1.29, 1.82) is 0 Å². The molecule has 1 amide bonds. The minimum absolute atomic E-state index is 0.127. The lowest BCUT2D eigenvalue weighted by Crippen LogP contribution is -2.50. The van der Waals surface area contributed by atoms with E-state index in [1.54, 1.807) is 17.0 Å². The molecule has 0 aliphatic carbocycles. The van der Waals surface area contributed by atoms with Crippen molar-refractivity contribution in [2.75, 3.05) is 26.2 Å². The van der Waals surface area contributed by atoms with E-state index in [-0.39, 0.29) is 5.91 Å². The molecule has 3 rings (SSSR count). The Morgan fingerprint density at radius 3 is 2.43 bits per heavy atom. The molecule has 1 aliphatic rings. The highest BCUT2D eigenvalue weighted by molar-refractivity contribution is 7.89. The van der Waals surface area contributed by atoms with Crippen LogP contribution in [0.15, 0.2) is 34.0 Å². The monoisotopic (exact) mass is 354 g/mol. The average Bonchev–Trinajstić information content (AvgIpc) is 3.16. The molecule has 0 unspecified atom stereocenters. The number of sulfonamides is 1. The van der Waals surface area contributed by atoms with Gasteiger partial charge < -0.3 is 9.32 Å². The molecule has 3 heterocycles. The largest absolute Gasteiger partial charge is 0.472 e. The zero-order chi connectivity index (χ0) is 16.6. The SMILES string of the molecule is Cc1cc(S(=O)(=O)N2CCN(C(=O)c3ccoc3)CC2)c(C)s1. The van der Waals surface area contributed by atoms with Gasteiger partial charge in [0.05, 0.1) is 16.7 Å². The van der Waals surface area contributed by atoms with Gasteiger partial charge in [0, 0.05) is 35.9 Å². The number of piperazine rings is 1. The van der Waals surface area contributed by atoms with Gasteiger partial charge in [-0.15, -0.1) is 11.3 Å². The van der Waals surface area contributed by atoms with E-state index in [0.29, 0.717) is 36.6 Å². The van der Waals surface area contributed by atoms with E-state index in [4.69, 9.17) is 4.42 Å². The molecule has 2 aromatic rings. The zero-order valence-corrected chi connectivity index (χ0v) is 14.6. The van der Waals surface area contributed by atoms with Gasteiger partial charge in [0.25, 0.3) is 5.91 Å². The van der Waals surface area contributed by atoms with Crippen molar-refractivity contribution in [3.05, 3.63) is 40.0 Å². The normalized spacial score (nSPS) is 16.7. The van der Waals surface area contributed by atoms with Gasteiger partial charge in [-0.05, 0) is 26.0 Å². The van der Waals surface area contributed by atoms with Gasteiger partial charge in [0.15, 0.2) is 0 Å². The topological polar surface area (TPSA) is 70.8 Å². The van der Waals surface area contributed by atoms with Crippen LogP contribution in [0.1, 0.15) is 20.1 Å². The summed E-state index contributed by atoms with van der Waals surface area (Å²) in [6.45, 7) is 5.10. The zero-order valence-electron chi connectivity index (χ0n) is 13.0. The molecule has 0 bridgehead atoms. The number of nitrogens with zero attached hydrogens (tertiary/aromatic N) is 2. The molecule has 0 spiro atoms. The lowest BCUT2D eigenvalue weighted by Gasteiger charge is -2.33. The summed E-state index contributed by atoms with van der Waals surface area (Å²) in [5, 5.41) is 0. The molecule has 8 heteroatoms. The Morgan fingerprint density at radius 1 is 1.22 bits per heavy atom. The molecule has 1 saturated heterocycles. The number of furan rings is 1. The number of thiophene rings is 1. The van der Waals surface area contributed by atoms with Gasteiger partial charge in [-0.25, -0.2) is 8.42 Å². The van der Waals surface area contributed by atoms with Crippen LogP contribution in [0.2, 0.25) is 0 Å². The maximum absolute atomic E-state index is 12.7. The van der Waals surface area contributed by atoms with E-state index in [9.17, 15) is 13.2 Å². The third-order valence-electron chi connectivity index (χ3n) is 3.91. The van der Waals surface area contributed by atoms with Gasteiger partial charge in [-0.1, -0.05) is 0 Å². The van der Waals surface area contributed by atoms with Crippen LogP contribution in [0.3, 0.4) is 0 Å². The van der Waals surface area contributed by atoms with E-state index < -0.39 is 10.0 Å². The van der Waals surface area contributed by atoms with Crippen molar-refractivity contribution in [1.82, 2.24) is 9.21 Å². The molecule has 0 atom stereocenters. The van der Waals surface area contributed by atoms with Gasteiger partial charge >= 0.3 is 0 Å². The Balaban J connectivity index is 1.71. The fraction of sp³-hybridized carbons (Fsp3) is 0.400. The van der Waals surface area contributed by atoms with Crippen LogP contribution in [0, 0.1) is 13.8 Å². The Labute approximate surface area is 139 Å². The number of amides is 1. The first kappa shape index (κ1) is 16.2. The number of rotatable bonds is 3. The van der Waals surface area contributed by atoms with E-state index in [1.807, 2.05) is 13.8 Å². The highest BCUT2D eigenvalue weighted by atomic mass is 32.2. The fourth-order valence-electron chi connectivity index (χ4n) is 2.70. The van der Waals surface area contributed by atoms with E-state index >= 15 is 0 Å². The van der Waals surface area contributed by atoms with Crippen molar-refractivity contribution in [3.63, 3.8) is 0 Å². The Morgan fingerprint density at radius 2 is 1.91 bits per heavy atom. The standard InChI is InChI=1S/C15H18N2O4S2/c1-11-9-14(12(2)22-11)23(19,20)17-6-4-16(5-7-17)15(18)13-3-8-21-10-13/h3,8-10H,4-7H2,1-2H3. The summed E-state index contributed by atoms with van der Waals surface area (Å²) < 4.78 is 31.9. The van der Waals surface area contributed by atoms with Crippen LogP contribution in [0.25, 0.3) is 0 Å². The fourth-order valence-corrected chi connectivity index (χ4v) is 5.65. The first-order valence-corrected chi connectivity index (χ1v) is 9.54. The van der Waals surface area contributed by atoms with Gasteiger partial charge in [0.2, 0.25) is 10.0 Å². The highest BCUT2D eigenvalue weighted by Crippen LogP contribution is 2.28. The summed E-state index contributed by atoms with van der Waals surface area (Å²) >= 11 is 1.48. The summed E-state index contributed by atoms with van der Waals surface area (Å²) in [4.78, 5) is 16.1. The number of carbonyl (C=O) groups is 1. The maximum Gasteiger partial charge on any atom is 0.257 e. The third kappa shape index (κ3) is 3.06. The van der Waals surface area contributed by atoms with Gasteiger partial charge in [-0.2, -0.15) is 4.31 Å². The molecule has 2 aromatic heterocycles. The Hall–Kier alpha value is -1.64. The smallest absolute Gasteiger partial charge is 0.257 e. The van der Waals surface area contributed by atoms with Crippen molar-refractivity contribution >= 4 is 27.3 Å². The first-order valence-electron chi connectivity index (χ1n) is 7.28. The first-order chi connectivity index (χ1) is 10.9. The summed E-state index contributed by atoms with van der Waals surface area (Å²) in [7, 11) is -3.49. The number of hydrogen-bond acceptors (Lipinski definition) is 5. The predicted octanol–water partition coefficient (Wildman–Crippen LogP) is 2.10. The second-order valence-corrected chi connectivity index (χ2v) is 8.85. The minimum atomic E-state index is -3.49. The van der Waals surface area contributed by atoms with E-state index in [1.165, 1.54) is 28.2 Å². The molecule has 1 aliphatic heterocycles. The van der Waals surface area contributed by atoms with Crippen LogP contribution in [-0.4, -0.2) is 49.7 Å². The molecular formula is C15H18N2O4S2. The average molecular weight is 354 g/mol. The highest BCUT2D eigenvalue weighted by Gasteiger charge is 2.32. The van der Waals surface area contributed by atoms with E-state index in [2.05, 4.69) is 0 Å². The molecular weight excluding hydrogens is 336 g/mol. The number of hydrogen-bond donors (Lipinski definition) is 0. The van der Waals surface area contributed by atoms with Crippen molar-refractivity contribution in [2.45, 2.75) is 18.7 Å². The molecule has 23 heavy (non-hydrogen) atoms. The predicted molar refractivity (Wildman–Crippen MR) is 87.2 cm³/mol. The number of aryl methyl sites for hydroxylation is 2. The van der Waals surface area contributed by atoms with Crippen molar-refractivity contribution in [3.8, 4) is 0 Å². The quantitative estimate of drug-likeness (QED) is 0.846. The lowest BCUT2D eigenvalue weighted by atomic mass is 10.2. The molecule has 1 fully saturated rings. The number of carbonyl (C=O) groups excluding carboxylic acids is 1. The van der Waals surface area contributed by atoms with Crippen molar-refractivity contribution in [2.24, 2.45) is 0 Å². The van der Waals surface area contributed by atoms with Crippen LogP contribution >= 0.6 is 11.3 Å². The molecule has 0 N–H and O–H groups in total. The molecule has 0 saturated carbocycles. The summed E-state index contributed by atoms with van der Waals surface area (Å²) in [5.41, 5.74) is 0.491. The molecule has 6 nitrogen and oxygen atoms in total. The Kier molecular flexibility index (Phi) is 4.31. The van der Waals surface area contributed by atoms with Crippen LogP contribution in [0.5, 0.6) is 0 Å².